The first kappa shape index (κ1) is 10.9. The number of ether oxygens (including phenoxy) is 1. The summed E-state index contributed by atoms with van der Waals surface area (Å²) >= 11 is 0. The third kappa shape index (κ3) is 1.76. The number of piperidine rings is 1. The zero-order chi connectivity index (χ0) is 10.9. The highest BCUT2D eigenvalue weighted by Gasteiger charge is 2.52. The number of carbonyl (C=O) groups excluding carboxylic acids is 1. The van der Waals surface area contributed by atoms with Gasteiger partial charge in [0.15, 0.2) is 0 Å². The Labute approximate surface area is 91.0 Å². The molecule has 0 radical (unpaired) electrons. The van der Waals surface area contributed by atoms with Crippen molar-refractivity contribution in [3.05, 3.63) is 0 Å². The lowest BCUT2D eigenvalue weighted by Gasteiger charge is -2.40. The minimum absolute atomic E-state index is 0.00750. The maximum Gasteiger partial charge on any atom is 0.313 e. The van der Waals surface area contributed by atoms with Crippen LogP contribution in [0.4, 0.5) is 0 Å². The Morgan fingerprint density at radius 3 is 3.20 bits per heavy atom. The van der Waals surface area contributed by atoms with Gasteiger partial charge in [-0.3, -0.25) is 4.79 Å². The average molecular weight is 212 g/mol. The first-order valence-corrected chi connectivity index (χ1v) is 5.75. The molecule has 2 fully saturated rings. The van der Waals surface area contributed by atoms with Crippen LogP contribution in [-0.2, 0) is 9.53 Å². The van der Waals surface area contributed by atoms with E-state index in [0.717, 1.165) is 32.6 Å². The van der Waals surface area contributed by atoms with Gasteiger partial charge in [0.05, 0.1) is 12.0 Å². The first-order chi connectivity index (χ1) is 7.19. The van der Waals surface area contributed by atoms with Crippen molar-refractivity contribution in [2.45, 2.75) is 13.3 Å². The van der Waals surface area contributed by atoms with Gasteiger partial charge in [-0.1, -0.05) is 0 Å². The molecule has 0 unspecified atom stereocenters. The molecule has 2 aliphatic rings. The van der Waals surface area contributed by atoms with Gasteiger partial charge in [-0.2, -0.15) is 0 Å². The molecule has 0 aliphatic carbocycles. The Morgan fingerprint density at radius 1 is 1.67 bits per heavy atom. The van der Waals surface area contributed by atoms with E-state index in [1.165, 1.54) is 0 Å². The van der Waals surface area contributed by atoms with Gasteiger partial charge in [0.1, 0.15) is 0 Å². The van der Waals surface area contributed by atoms with E-state index >= 15 is 0 Å². The molecule has 0 amide bonds. The Kier molecular flexibility index (Phi) is 2.98. The fourth-order valence-corrected chi connectivity index (χ4v) is 2.81. The summed E-state index contributed by atoms with van der Waals surface area (Å²) in [4.78, 5) is 14.3. The Balaban J connectivity index is 2.13. The molecular formula is C11H20N2O2. The number of hydrogen-bond acceptors (Lipinski definition) is 4. The van der Waals surface area contributed by atoms with Gasteiger partial charge in [-0.15, -0.1) is 0 Å². The molecule has 4 heteroatoms. The molecule has 0 saturated carbocycles. The number of nitrogens with one attached hydrogen (secondary N) is 1. The van der Waals surface area contributed by atoms with Gasteiger partial charge >= 0.3 is 5.97 Å². The minimum Gasteiger partial charge on any atom is -0.466 e. The molecule has 2 aliphatic heterocycles. The number of rotatable bonds is 2. The van der Waals surface area contributed by atoms with Gasteiger partial charge in [0.2, 0.25) is 0 Å². The number of fused-ring (bicyclic) bond motifs is 1. The van der Waals surface area contributed by atoms with Crippen molar-refractivity contribution in [1.29, 1.82) is 0 Å². The Morgan fingerprint density at radius 2 is 2.47 bits per heavy atom. The Hall–Kier alpha value is -0.610. The molecule has 0 bridgehead atoms. The summed E-state index contributed by atoms with van der Waals surface area (Å²) in [5.41, 5.74) is -0.234. The number of carbonyl (C=O) groups is 1. The summed E-state index contributed by atoms with van der Waals surface area (Å²) in [6.07, 6.45) is 0.931. The van der Waals surface area contributed by atoms with Crippen LogP contribution in [0.15, 0.2) is 0 Å². The van der Waals surface area contributed by atoms with Crippen molar-refractivity contribution in [3.8, 4) is 0 Å². The van der Waals surface area contributed by atoms with Gasteiger partial charge in [-0.05, 0) is 26.9 Å². The molecule has 0 spiro atoms. The standard InChI is InChI=1S/C11H20N2O2/c1-3-15-10(14)11-4-5-13(2)7-9(11)6-12-8-11/h9,12H,3-8H2,1-2H3/t9-,11+/m0/s1. The number of likely N-dealkylation sites (tertiary alicyclic amines) is 1. The highest BCUT2D eigenvalue weighted by molar-refractivity contribution is 5.78. The van der Waals surface area contributed by atoms with Crippen molar-refractivity contribution in [2.75, 3.05) is 39.8 Å². The van der Waals surface area contributed by atoms with E-state index in [9.17, 15) is 4.79 Å². The summed E-state index contributed by atoms with van der Waals surface area (Å²) in [7, 11) is 2.12. The monoisotopic (exact) mass is 212 g/mol. The molecule has 2 saturated heterocycles. The Bertz CT molecular complexity index is 257. The normalized spacial score (nSPS) is 36.3. The summed E-state index contributed by atoms with van der Waals surface area (Å²) < 4.78 is 5.22. The molecule has 0 aromatic carbocycles. The van der Waals surface area contributed by atoms with E-state index in [-0.39, 0.29) is 11.4 Å². The topological polar surface area (TPSA) is 41.6 Å². The quantitative estimate of drug-likeness (QED) is 0.659. The lowest BCUT2D eigenvalue weighted by molar-refractivity contribution is -0.159. The summed E-state index contributed by atoms with van der Waals surface area (Å²) in [6.45, 7) is 6.11. The molecule has 2 atom stereocenters. The van der Waals surface area contributed by atoms with E-state index in [4.69, 9.17) is 4.74 Å². The van der Waals surface area contributed by atoms with Crippen LogP contribution >= 0.6 is 0 Å². The van der Waals surface area contributed by atoms with Gasteiger partial charge < -0.3 is 15.0 Å². The van der Waals surface area contributed by atoms with E-state index < -0.39 is 0 Å². The van der Waals surface area contributed by atoms with Crippen LogP contribution in [-0.4, -0.2) is 50.7 Å². The first-order valence-electron chi connectivity index (χ1n) is 5.75. The third-order valence-electron chi connectivity index (χ3n) is 3.77. The lowest BCUT2D eigenvalue weighted by Crippen LogP contribution is -2.50. The van der Waals surface area contributed by atoms with Crippen LogP contribution in [0.2, 0.25) is 0 Å². The zero-order valence-electron chi connectivity index (χ0n) is 9.58. The molecule has 0 aromatic rings. The molecular weight excluding hydrogens is 192 g/mol. The second-order valence-corrected chi connectivity index (χ2v) is 4.72. The van der Waals surface area contributed by atoms with E-state index in [1.54, 1.807) is 0 Å². The predicted octanol–water partition coefficient (Wildman–Crippen LogP) is 0.0908. The molecule has 2 rings (SSSR count). The maximum absolute atomic E-state index is 12.0. The third-order valence-corrected chi connectivity index (χ3v) is 3.77. The van der Waals surface area contributed by atoms with Gasteiger partial charge in [0.25, 0.3) is 0 Å². The van der Waals surface area contributed by atoms with Crippen molar-refractivity contribution in [2.24, 2.45) is 11.3 Å². The van der Waals surface area contributed by atoms with Crippen molar-refractivity contribution >= 4 is 5.97 Å². The fraction of sp³-hybridized carbons (Fsp3) is 0.909. The summed E-state index contributed by atoms with van der Waals surface area (Å²) in [5, 5.41) is 3.34. The minimum atomic E-state index is -0.234. The SMILES string of the molecule is CCOC(=O)[C@@]12CCN(C)C[C@@H]1CNC2. The van der Waals surface area contributed by atoms with E-state index in [0.29, 0.717) is 12.5 Å². The highest BCUT2D eigenvalue weighted by Crippen LogP contribution is 2.40. The molecule has 15 heavy (non-hydrogen) atoms. The number of nitrogens with zero attached hydrogens (tertiary/aromatic N) is 1. The number of esters is 1. The van der Waals surface area contributed by atoms with Gasteiger partial charge in [-0.25, -0.2) is 0 Å². The van der Waals surface area contributed by atoms with Crippen LogP contribution in [0.25, 0.3) is 0 Å². The van der Waals surface area contributed by atoms with Crippen molar-refractivity contribution < 1.29 is 9.53 Å². The maximum atomic E-state index is 12.0. The predicted molar refractivity (Wildman–Crippen MR) is 57.5 cm³/mol. The summed E-state index contributed by atoms with van der Waals surface area (Å²) in [5.74, 6) is 0.434. The smallest absolute Gasteiger partial charge is 0.313 e. The molecule has 2 heterocycles. The lowest BCUT2D eigenvalue weighted by atomic mass is 9.72. The van der Waals surface area contributed by atoms with Crippen LogP contribution in [0, 0.1) is 11.3 Å². The summed E-state index contributed by atoms with van der Waals surface area (Å²) in [6, 6.07) is 0. The molecule has 0 aromatic heterocycles. The van der Waals surface area contributed by atoms with Crippen molar-refractivity contribution in [1.82, 2.24) is 10.2 Å². The highest BCUT2D eigenvalue weighted by atomic mass is 16.5. The second kappa shape index (κ2) is 4.10. The van der Waals surface area contributed by atoms with Crippen LogP contribution in [0.5, 0.6) is 0 Å². The van der Waals surface area contributed by atoms with E-state index in [1.807, 2.05) is 6.92 Å². The molecule has 86 valence electrons. The average Bonchev–Trinajstić information content (AvgIpc) is 2.62. The van der Waals surface area contributed by atoms with E-state index in [2.05, 4.69) is 17.3 Å². The van der Waals surface area contributed by atoms with Crippen molar-refractivity contribution in [3.63, 3.8) is 0 Å². The zero-order valence-corrected chi connectivity index (χ0v) is 9.58. The van der Waals surface area contributed by atoms with Gasteiger partial charge in [0, 0.05) is 25.6 Å². The fourth-order valence-electron chi connectivity index (χ4n) is 2.81. The van der Waals surface area contributed by atoms with Crippen LogP contribution in [0.1, 0.15) is 13.3 Å². The van der Waals surface area contributed by atoms with Crippen LogP contribution < -0.4 is 5.32 Å². The molecule has 1 N–H and O–H groups in total. The van der Waals surface area contributed by atoms with Crippen LogP contribution in [0.3, 0.4) is 0 Å². The number of hydrogen-bond donors (Lipinski definition) is 1. The largest absolute Gasteiger partial charge is 0.466 e. The second-order valence-electron chi connectivity index (χ2n) is 4.72. The molecule has 4 nitrogen and oxygen atoms in total.